The van der Waals surface area contributed by atoms with Crippen molar-refractivity contribution in [2.75, 3.05) is 26.2 Å². The lowest BCUT2D eigenvalue weighted by atomic mass is 9.99. The summed E-state index contributed by atoms with van der Waals surface area (Å²) < 4.78 is 0. The fraction of sp³-hybridized carbons (Fsp3) is 0.375. The topological polar surface area (TPSA) is 15.3 Å². The third-order valence-corrected chi connectivity index (χ3v) is 4.42. The van der Waals surface area contributed by atoms with Gasteiger partial charge in [-0.15, -0.1) is 0 Å². The van der Waals surface area contributed by atoms with Gasteiger partial charge in [0, 0.05) is 19.6 Å². The summed E-state index contributed by atoms with van der Waals surface area (Å²) in [7, 11) is 0. The minimum Gasteiger partial charge on any atom is -0.315 e. The van der Waals surface area contributed by atoms with Gasteiger partial charge in [-0.2, -0.15) is 11.3 Å². The molecule has 2 aromatic rings. The van der Waals surface area contributed by atoms with Crippen molar-refractivity contribution in [1.29, 1.82) is 0 Å². The van der Waals surface area contributed by atoms with Gasteiger partial charge in [-0.05, 0) is 40.9 Å². The van der Waals surface area contributed by atoms with Crippen LogP contribution in [0.5, 0.6) is 0 Å². The molecule has 3 rings (SSSR count). The summed E-state index contributed by atoms with van der Waals surface area (Å²) in [5.41, 5.74) is 2.83. The van der Waals surface area contributed by atoms with Crippen LogP contribution < -0.4 is 5.32 Å². The lowest BCUT2D eigenvalue weighted by Crippen LogP contribution is -2.32. The molecule has 1 fully saturated rings. The van der Waals surface area contributed by atoms with Crippen molar-refractivity contribution in [2.24, 2.45) is 0 Å². The summed E-state index contributed by atoms with van der Waals surface area (Å²) in [5.74, 6) is 0. The van der Waals surface area contributed by atoms with Crippen LogP contribution in [-0.2, 0) is 0 Å². The first-order valence-corrected chi connectivity index (χ1v) is 7.91. The molecule has 0 spiro atoms. The van der Waals surface area contributed by atoms with Gasteiger partial charge >= 0.3 is 0 Å². The van der Waals surface area contributed by atoms with Gasteiger partial charge in [0.05, 0.1) is 6.04 Å². The second kappa shape index (κ2) is 6.33. The molecule has 100 valence electrons. The summed E-state index contributed by atoms with van der Waals surface area (Å²) in [4.78, 5) is 2.61. The molecule has 2 nitrogen and oxygen atoms in total. The van der Waals surface area contributed by atoms with Gasteiger partial charge in [0.2, 0.25) is 0 Å². The van der Waals surface area contributed by atoms with Crippen molar-refractivity contribution in [3.63, 3.8) is 0 Å². The monoisotopic (exact) mass is 272 g/mol. The highest BCUT2D eigenvalue weighted by atomic mass is 32.1. The van der Waals surface area contributed by atoms with Crippen molar-refractivity contribution < 1.29 is 0 Å². The Balaban J connectivity index is 1.92. The van der Waals surface area contributed by atoms with E-state index in [1.165, 1.54) is 24.1 Å². The third-order valence-electron chi connectivity index (χ3n) is 3.71. The Hall–Kier alpha value is -1.16. The number of thiophene rings is 1. The first kappa shape index (κ1) is 12.9. The molecular weight excluding hydrogens is 252 g/mol. The highest BCUT2D eigenvalue weighted by Crippen LogP contribution is 2.30. The fourth-order valence-electron chi connectivity index (χ4n) is 2.80. The summed E-state index contributed by atoms with van der Waals surface area (Å²) in [5, 5.41) is 7.96. The molecule has 1 atom stereocenters. The molecule has 1 saturated heterocycles. The van der Waals surface area contributed by atoms with Crippen molar-refractivity contribution in [2.45, 2.75) is 12.5 Å². The van der Waals surface area contributed by atoms with Crippen LogP contribution in [0.15, 0.2) is 47.2 Å². The zero-order chi connectivity index (χ0) is 12.9. The van der Waals surface area contributed by atoms with Gasteiger partial charge in [0.1, 0.15) is 0 Å². The second-order valence-electron chi connectivity index (χ2n) is 5.01. The summed E-state index contributed by atoms with van der Waals surface area (Å²) in [6.07, 6.45) is 1.23. The molecule has 3 heteroatoms. The Labute approximate surface area is 119 Å². The van der Waals surface area contributed by atoms with Gasteiger partial charge < -0.3 is 5.32 Å². The minimum atomic E-state index is 0.410. The molecule has 1 aromatic carbocycles. The molecular formula is C16H20N2S. The maximum Gasteiger partial charge on any atom is 0.0610 e. The fourth-order valence-corrected chi connectivity index (χ4v) is 3.48. The maximum absolute atomic E-state index is 3.49. The Kier molecular flexibility index (Phi) is 4.28. The van der Waals surface area contributed by atoms with Crippen LogP contribution in [0.2, 0.25) is 0 Å². The molecule has 1 aromatic heterocycles. The van der Waals surface area contributed by atoms with Crippen LogP contribution in [0.1, 0.15) is 23.6 Å². The molecule has 0 bridgehead atoms. The molecule has 1 N–H and O–H groups in total. The average molecular weight is 272 g/mol. The van der Waals surface area contributed by atoms with Gasteiger partial charge in [-0.1, -0.05) is 30.3 Å². The van der Waals surface area contributed by atoms with E-state index in [0.717, 1.165) is 19.6 Å². The second-order valence-corrected chi connectivity index (χ2v) is 5.79. The molecule has 0 amide bonds. The van der Waals surface area contributed by atoms with E-state index in [4.69, 9.17) is 0 Å². The number of nitrogens with one attached hydrogen (secondary N) is 1. The van der Waals surface area contributed by atoms with E-state index in [0.29, 0.717) is 6.04 Å². The molecule has 1 unspecified atom stereocenters. The zero-order valence-electron chi connectivity index (χ0n) is 11.1. The lowest BCUT2D eigenvalue weighted by molar-refractivity contribution is 0.241. The molecule has 19 heavy (non-hydrogen) atoms. The molecule has 1 aliphatic rings. The third kappa shape index (κ3) is 3.06. The highest BCUT2D eigenvalue weighted by Gasteiger charge is 2.23. The van der Waals surface area contributed by atoms with Crippen LogP contribution in [-0.4, -0.2) is 31.1 Å². The Morgan fingerprint density at radius 2 is 1.89 bits per heavy atom. The lowest BCUT2D eigenvalue weighted by Gasteiger charge is -2.30. The van der Waals surface area contributed by atoms with E-state index in [1.54, 1.807) is 11.3 Å². The summed E-state index contributed by atoms with van der Waals surface area (Å²) in [6.45, 7) is 4.52. The normalized spacial score (nSPS) is 18.9. The van der Waals surface area contributed by atoms with Crippen LogP contribution in [0.3, 0.4) is 0 Å². The Morgan fingerprint density at radius 3 is 2.68 bits per heavy atom. The van der Waals surface area contributed by atoms with E-state index in [-0.39, 0.29) is 0 Å². The van der Waals surface area contributed by atoms with E-state index in [2.05, 4.69) is 57.4 Å². The van der Waals surface area contributed by atoms with Crippen LogP contribution in [0.25, 0.3) is 0 Å². The van der Waals surface area contributed by atoms with Gasteiger partial charge in [0.15, 0.2) is 0 Å². The summed E-state index contributed by atoms with van der Waals surface area (Å²) in [6, 6.07) is 13.6. The number of benzene rings is 1. The van der Waals surface area contributed by atoms with E-state index in [9.17, 15) is 0 Å². The Bertz CT molecular complexity index is 473. The van der Waals surface area contributed by atoms with E-state index >= 15 is 0 Å². The van der Waals surface area contributed by atoms with Gasteiger partial charge in [-0.3, -0.25) is 4.90 Å². The Morgan fingerprint density at radius 1 is 1.00 bits per heavy atom. The van der Waals surface area contributed by atoms with Crippen molar-refractivity contribution >= 4 is 11.3 Å². The smallest absolute Gasteiger partial charge is 0.0610 e. The zero-order valence-corrected chi connectivity index (χ0v) is 11.9. The van der Waals surface area contributed by atoms with Crippen LogP contribution in [0, 0.1) is 0 Å². The predicted octanol–water partition coefficient (Wildman–Crippen LogP) is 3.13. The largest absolute Gasteiger partial charge is 0.315 e. The SMILES string of the molecule is c1ccc(C(c2ccsc2)N2CCCNCC2)cc1. The molecule has 1 aliphatic heterocycles. The van der Waals surface area contributed by atoms with Crippen molar-refractivity contribution in [1.82, 2.24) is 10.2 Å². The highest BCUT2D eigenvalue weighted by molar-refractivity contribution is 7.08. The first-order chi connectivity index (χ1) is 9.45. The first-order valence-electron chi connectivity index (χ1n) is 6.97. The van der Waals surface area contributed by atoms with E-state index < -0.39 is 0 Å². The summed E-state index contributed by atoms with van der Waals surface area (Å²) >= 11 is 1.79. The molecule has 0 saturated carbocycles. The standard InChI is InChI=1S/C16H20N2S/c1-2-5-14(6-3-1)16(15-7-12-19-13-15)18-10-4-8-17-9-11-18/h1-3,5-7,12-13,16-17H,4,8-11H2. The number of hydrogen-bond donors (Lipinski definition) is 1. The predicted molar refractivity (Wildman–Crippen MR) is 81.7 cm³/mol. The van der Waals surface area contributed by atoms with Crippen molar-refractivity contribution in [3.8, 4) is 0 Å². The van der Waals surface area contributed by atoms with Crippen LogP contribution in [0.4, 0.5) is 0 Å². The van der Waals surface area contributed by atoms with Crippen molar-refractivity contribution in [3.05, 3.63) is 58.3 Å². The van der Waals surface area contributed by atoms with Gasteiger partial charge in [-0.25, -0.2) is 0 Å². The average Bonchev–Trinajstić information content (AvgIpc) is 2.84. The number of rotatable bonds is 3. The minimum absolute atomic E-state index is 0.410. The molecule has 0 aliphatic carbocycles. The quantitative estimate of drug-likeness (QED) is 0.923. The number of hydrogen-bond acceptors (Lipinski definition) is 3. The molecule has 2 heterocycles. The van der Waals surface area contributed by atoms with E-state index in [1.807, 2.05) is 0 Å². The molecule has 0 radical (unpaired) electrons. The number of nitrogens with zero attached hydrogens (tertiary/aromatic N) is 1. The maximum atomic E-state index is 3.49. The van der Waals surface area contributed by atoms with Crippen LogP contribution >= 0.6 is 11.3 Å². The van der Waals surface area contributed by atoms with Gasteiger partial charge in [0.25, 0.3) is 0 Å².